The Morgan fingerprint density at radius 3 is 3.08 bits per heavy atom. The minimum absolute atomic E-state index is 0.147. The van der Waals surface area contributed by atoms with Gasteiger partial charge in [0.2, 0.25) is 5.91 Å². The second-order valence-corrected chi connectivity index (χ2v) is 8.24. The molecule has 4 rings (SSSR count). The molecule has 5 nitrogen and oxygen atoms in total. The summed E-state index contributed by atoms with van der Waals surface area (Å²) in [5.41, 5.74) is 0.838. The number of carbonyl (C=O) groups is 1. The summed E-state index contributed by atoms with van der Waals surface area (Å²) in [6, 6.07) is 8.20. The zero-order valence-corrected chi connectivity index (χ0v) is 15.6. The van der Waals surface area contributed by atoms with E-state index in [1.54, 1.807) is 7.11 Å². The van der Waals surface area contributed by atoms with E-state index in [4.69, 9.17) is 9.47 Å². The van der Waals surface area contributed by atoms with Crippen LogP contribution in [0.1, 0.15) is 19.3 Å². The Bertz CT molecular complexity index is 633. The molecule has 1 amide bonds. The molecule has 2 atom stereocenters. The van der Waals surface area contributed by atoms with E-state index < -0.39 is 0 Å². The molecule has 1 aromatic rings. The molecule has 2 fully saturated rings. The molecule has 0 N–H and O–H groups in total. The van der Waals surface area contributed by atoms with E-state index in [0.717, 1.165) is 56.9 Å². The van der Waals surface area contributed by atoms with Crippen LogP contribution in [0.5, 0.6) is 0 Å². The summed E-state index contributed by atoms with van der Waals surface area (Å²) in [7, 11) is 1.78. The van der Waals surface area contributed by atoms with Crippen molar-refractivity contribution in [1.82, 2.24) is 4.90 Å². The molecule has 2 saturated heterocycles. The fourth-order valence-electron chi connectivity index (χ4n) is 4.39. The number of nitrogens with zero attached hydrogens (tertiary/aromatic N) is 2. The van der Waals surface area contributed by atoms with Crippen molar-refractivity contribution in [2.45, 2.75) is 35.9 Å². The van der Waals surface area contributed by atoms with Gasteiger partial charge in [0.15, 0.2) is 0 Å². The van der Waals surface area contributed by atoms with Crippen LogP contribution in [-0.4, -0.2) is 68.2 Å². The van der Waals surface area contributed by atoms with Crippen molar-refractivity contribution in [2.75, 3.05) is 50.5 Å². The molecule has 1 aromatic carbocycles. The molecule has 0 bridgehead atoms. The van der Waals surface area contributed by atoms with Gasteiger partial charge in [-0.1, -0.05) is 12.1 Å². The number of benzene rings is 1. The summed E-state index contributed by atoms with van der Waals surface area (Å²) in [4.78, 5) is 18.4. The van der Waals surface area contributed by atoms with Gasteiger partial charge in [-0.25, -0.2) is 0 Å². The van der Waals surface area contributed by atoms with Crippen molar-refractivity contribution in [3.05, 3.63) is 24.3 Å². The van der Waals surface area contributed by atoms with Gasteiger partial charge in [0, 0.05) is 44.0 Å². The predicted octanol–water partition coefficient (Wildman–Crippen LogP) is 2.40. The molecular formula is C19H26N2O3S. The fourth-order valence-corrected chi connectivity index (χ4v) is 5.39. The highest BCUT2D eigenvalue weighted by Crippen LogP contribution is 2.37. The third kappa shape index (κ3) is 3.33. The average Bonchev–Trinajstić information content (AvgIpc) is 3.10. The number of methoxy groups -OCH3 is 1. The predicted molar refractivity (Wildman–Crippen MR) is 99.3 cm³/mol. The normalized spacial score (nSPS) is 29.8. The van der Waals surface area contributed by atoms with Gasteiger partial charge < -0.3 is 14.4 Å². The Labute approximate surface area is 153 Å². The standard InChI is InChI=1S/C19H26N2O3S/c1-23-17-7-9-20(14-19(17)8-4-11-24-19)13-18(22)21-10-12-25-16-6-3-2-5-15(16)21/h2-3,5-6,17H,4,7-14H2,1H3/t17-,19-/m0/s1. The minimum Gasteiger partial charge on any atom is -0.378 e. The number of amides is 1. The van der Waals surface area contributed by atoms with E-state index in [-0.39, 0.29) is 17.6 Å². The lowest BCUT2D eigenvalue weighted by molar-refractivity contribution is -0.147. The van der Waals surface area contributed by atoms with Crippen LogP contribution in [-0.2, 0) is 14.3 Å². The van der Waals surface area contributed by atoms with Gasteiger partial charge in [0.1, 0.15) is 5.60 Å². The monoisotopic (exact) mass is 362 g/mol. The molecule has 0 saturated carbocycles. The fraction of sp³-hybridized carbons (Fsp3) is 0.632. The Hall–Kier alpha value is -1.08. The molecule has 25 heavy (non-hydrogen) atoms. The highest BCUT2D eigenvalue weighted by molar-refractivity contribution is 7.99. The largest absolute Gasteiger partial charge is 0.378 e. The lowest BCUT2D eigenvalue weighted by Crippen LogP contribution is -2.58. The third-order valence-corrected chi connectivity index (χ3v) is 6.64. The van der Waals surface area contributed by atoms with Crippen molar-refractivity contribution in [3.63, 3.8) is 0 Å². The Kier molecular flexibility index (Phi) is 5.04. The van der Waals surface area contributed by atoms with Crippen LogP contribution in [0.4, 0.5) is 5.69 Å². The van der Waals surface area contributed by atoms with Crippen molar-refractivity contribution in [3.8, 4) is 0 Å². The van der Waals surface area contributed by atoms with Gasteiger partial charge in [0.25, 0.3) is 0 Å². The van der Waals surface area contributed by atoms with E-state index >= 15 is 0 Å². The SMILES string of the molecule is CO[C@H]1CCN(CC(=O)N2CCSc3ccccc32)C[C@@]12CCCO2. The topological polar surface area (TPSA) is 42.0 Å². The van der Waals surface area contributed by atoms with E-state index in [2.05, 4.69) is 17.0 Å². The zero-order chi connectivity index (χ0) is 17.3. The summed E-state index contributed by atoms with van der Waals surface area (Å²) in [5, 5.41) is 0. The summed E-state index contributed by atoms with van der Waals surface area (Å²) >= 11 is 1.83. The van der Waals surface area contributed by atoms with Crippen molar-refractivity contribution < 1.29 is 14.3 Å². The van der Waals surface area contributed by atoms with Crippen LogP contribution in [0.3, 0.4) is 0 Å². The number of piperidine rings is 1. The van der Waals surface area contributed by atoms with Gasteiger partial charge in [-0.05, 0) is 31.4 Å². The maximum atomic E-state index is 13.0. The minimum atomic E-state index is -0.219. The molecule has 0 unspecified atom stereocenters. The van der Waals surface area contributed by atoms with Gasteiger partial charge in [0.05, 0.1) is 18.3 Å². The van der Waals surface area contributed by atoms with E-state index in [0.29, 0.717) is 6.54 Å². The number of rotatable bonds is 3. The van der Waals surface area contributed by atoms with Gasteiger partial charge in [-0.3, -0.25) is 9.69 Å². The van der Waals surface area contributed by atoms with Crippen LogP contribution in [0.15, 0.2) is 29.2 Å². The number of ether oxygens (including phenoxy) is 2. The van der Waals surface area contributed by atoms with Crippen LogP contribution >= 0.6 is 11.8 Å². The van der Waals surface area contributed by atoms with Crippen molar-refractivity contribution in [2.24, 2.45) is 0 Å². The molecule has 3 aliphatic heterocycles. The van der Waals surface area contributed by atoms with E-state index in [1.807, 2.05) is 28.8 Å². The Balaban J connectivity index is 1.45. The first kappa shape index (κ1) is 17.3. The van der Waals surface area contributed by atoms with Crippen molar-refractivity contribution >= 4 is 23.4 Å². The maximum Gasteiger partial charge on any atom is 0.241 e. The zero-order valence-electron chi connectivity index (χ0n) is 14.8. The first-order valence-corrected chi connectivity index (χ1v) is 10.1. The Morgan fingerprint density at radius 1 is 1.40 bits per heavy atom. The smallest absolute Gasteiger partial charge is 0.241 e. The molecule has 136 valence electrons. The summed E-state index contributed by atoms with van der Waals surface area (Å²) in [6.45, 7) is 3.73. The van der Waals surface area contributed by atoms with Gasteiger partial charge in [-0.2, -0.15) is 0 Å². The number of carbonyl (C=O) groups excluding carboxylic acids is 1. The number of thioether (sulfide) groups is 1. The number of hydrogen-bond acceptors (Lipinski definition) is 5. The van der Waals surface area contributed by atoms with Gasteiger partial charge >= 0.3 is 0 Å². The molecule has 1 spiro atoms. The van der Waals surface area contributed by atoms with Crippen molar-refractivity contribution in [1.29, 1.82) is 0 Å². The molecule has 3 aliphatic rings. The quantitative estimate of drug-likeness (QED) is 0.826. The summed E-state index contributed by atoms with van der Waals surface area (Å²) in [5.74, 6) is 1.15. The number of anilines is 1. The second kappa shape index (κ2) is 7.27. The van der Waals surface area contributed by atoms with E-state index in [9.17, 15) is 4.79 Å². The molecule has 0 radical (unpaired) electrons. The number of likely N-dealkylation sites (tertiary alicyclic amines) is 1. The molecule has 6 heteroatoms. The van der Waals surface area contributed by atoms with Crippen LogP contribution < -0.4 is 4.90 Å². The number of hydrogen-bond donors (Lipinski definition) is 0. The summed E-state index contributed by atoms with van der Waals surface area (Å²) in [6.07, 6.45) is 3.18. The first-order chi connectivity index (χ1) is 12.2. The maximum absolute atomic E-state index is 13.0. The first-order valence-electron chi connectivity index (χ1n) is 9.13. The number of para-hydroxylation sites is 1. The van der Waals surface area contributed by atoms with Crippen LogP contribution in [0.2, 0.25) is 0 Å². The lowest BCUT2D eigenvalue weighted by Gasteiger charge is -2.45. The highest BCUT2D eigenvalue weighted by atomic mass is 32.2. The highest BCUT2D eigenvalue weighted by Gasteiger charge is 2.47. The molecular weight excluding hydrogens is 336 g/mol. The summed E-state index contributed by atoms with van der Waals surface area (Å²) < 4.78 is 11.8. The average molecular weight is 362 g/mol. The molecule has 3 heterocycles. The number of fused-ring (bicyclic) bond motifs is 1. The molecule has 0 aliphatic carbocycles. The van der Waals surface area contributed by atoms with E-state index in [1.165, 1.54) is 4.90 Å². The second-order valence-electron chi connectivity index (χ2n) is 7.10. The lowest BCUT2D eigenvalue weighted by atomic mass is 9.87. The Morgan fingerprint density at radius 2 is 2.28 bits per heavy atom. The van der Waals surface area contributed by atoms with Gasteiger partial charge in [-0.15, -0.1) is 11.8 Å². The molecule has 0 aromatic heterocycles. The van der Waals surface area contributed by atoms with Crippen LogP contribution in [0, 0.1) is 0 Å². The third-order valence-electron chi connectivity index (χ3n) is 5.59. The van der Waals surface area contributed by atoms with Crippen LogP contribution in [0.25, 0.3) is 0 Å².